The summed E-state index contributed by atoms with van der Waals surface area (Å²) in [5, 5.41) is 5.37. The number of piperazine rings is 1. The minimum atomic E-state index is -0.784. The molecule has 1 aliphatic heterocycles. The first-order valence-corrected chi connectivity index (χ1v) is 5.13. The van der Waals surface area contributed by atoms with Crippen molar-refractivity contribution in [1.82, 2.24) is 15.5 Å². The standard InChI is InChI=1S/C9H18N4O2/c1-7-6-13(5-3-11-7)4-2-8(14)12-9(10)15/h7,11H,2-6H2,1H3,(H3,10,12,14,15)/t7-/m0/s1. The highest BCUT2D eigenvalue weighted by Gasteiger charge is 2.16. The minimum Gasteiger partial charge on any atom is -0.351 e. The van der Waals surface area contributed by atoms with Gasteiger partial charge in [0.25, 0.3) is 0 Å². The van der Waals surface area contributed by atoms with Crippen LogP contribution >= 0.6 is 0 Å². The molecule has 0 radical (unpaired) electrons. The monoisotopic (exact) mass is 214 g/mol. The molecule has 0 bridgehead atoms. The third kappa shape index (κ3) is 4.75. The molecule has 1 heterocycles. The Morgan fingerprint density at radius 2 is 2.33 bits per heavy atom. The largest absolute Gasteiger partial charge is 0.351 e. The van der Waals surface area contributed by atoms with Crippen molar-refractivity contribution in [3.63, 3.8) is 0 Å². The quantitative estimate of drug-likeness (QED) is 0.554. The van der Waals surface area contributed by atoms with Crippen LogP contribution in [-0.4, -0.2) is 49.1 Å². The molecule has 15 heavy (non-hydrogen) atoms. The van der Waals surface area contributed by atoms with Crippen LogP contribution < -0.4 is 16.4 Å². The van der Waals surface area contributed by atoms with Crippen LogP contribution in [0.2, 0.25) is 0 Å². The van der Waals surface area contributed by atoms with E-state index in [-0.39, 0.29) is 5.91 Å². The first-order chi connectivity index (χ1) is 7.08. The fourth-order valence-electron chi connectivity index (χ4n) is 1.67. The molecule has 0 unspecified atom stereocenters. The summed E-state index contributed by atoms with van der Waals surface area (Å²) >= 11 is 0. The zero-order chi connectivity index (χ0) is 11.3. The zero-order valence-electron chi connectivity index (χ0n) is 8.95. The van der Waals surface area contributed by atoms with Crippen LogP contribution in [0.25, 0.3) is 0 Å². The van der Waals surface area contributed by atoms with Crippen molar-refractivity contribution >= 4 is 11.9 Å². The summed E-state index contributed by atoms with van der Waals surface area (Å²) in [6.45, 7) is 5.59. The second-order valence-electron chi connectivity index (χ2n) is 3.82. The third-order valence-electron chi connectivity index (χ3n) is 2.37. The second kappa shape index (κ2) is 5.67. The van der Waals surface area contributed by atoms with Crippen molar-refractivity contribution in [2.75, 3.05) is 26.2 Å². The van der Waals surface area contributed by atoms with Crippen molar-refractivity contribution in [2.45, 2.75) is 19.4 Å². The number of hydrogen-bond donors (Lipinski definition) is 3. The lowest BCUT2D eigenvalue weighted by Crippen LogP contribution is -2.50. The molecule has 3 amide bonds. The molecule has 4 N–H and O–H groups in total. The fourth-order valence-corrected chi connectivity index (χ4v) is 1.67. The molecule has 0 aromatic carbocycles. The number of nitrogens with two attached hydrogens (primary N) is 1. The SMILES string of the molecule is C[C@H]1CN(CCC(=O)NC(N)=O)CCN1. The van der Waals surface area contributed by atoms with Crippen LogP contribution in [0.3, 0.4) is 0 Å². The molecule has 1 atom stereocenters. The number of primary amides is 1. The normalized spacial score (nSPS) is 22.3. The van der Waals surface area contributed by atoms with Gasteiger partial charge >= 0.3 is 6.03 Å². The first-order valence-electron chi connectivity index (χ1n) is 5.13. The van der Waals surface area contributed by atoms with Crippen LogP contribution in [0, 0.1) is 0 Å². The highest BCUT2D eigenvalue weighted by molar-refractivity contribution is 5.93. The van der Waals surface area contributed by atoms with Crippen LogP contribution in [0.5, 0.6) is 0 Å². The van der Waals surface area contributed by atoms with Gasteiger partial charge in [0.1, 0.15) is 0 Å². The number of nitrogens with one attached hydrogen (secondary N) is 2. The summed E-state index contributed by atoms with van der Waals surface area (Å²) in [5.41, 5.74) is 4.83. The van der Waals surface area contributed by atoms with E-state index in [4.69, 9.17) is 5.73 Å². The number of carbonyl (C=O) groups excluding carboxylic acids is 2. The number of hydrogen-bond acceptors (Lipinski definition) is 4. The molecule has 0 aromatic heterocycles. The molecular formula is C9H18N4O2. The summed E-state index contributed by atoms with van der Waals surface area (Å²) < 4.78 is 0. The number of rotatable bonds is 3. The van der Waals surface area contributed by atoms with Gasteiger partial charge in [0, 0.05) is 38.6 Å². The fraction of sp³-hybridized carbons (Fsp3) is 0.778. The summed E-state index contributed by atoms with van der Waals surface area (Å²) in [4.78, 5) is 23.7. The summed E-state index contributed by atoms with van der Waals surface area (Å²) in [6.07, 6.45) is 0.315. The van der Waals surface area contributed by atoms with Gasteiger partial charge in [-0.25, -0.2) is 4.79 Å². The Bertz CT molecular complexity index is 244. The average Bonchev–Trinajstić information content (AvgIpc) is 2.14. The number of amides is 3. The van der Waals surface area contributed by atoms with E-state index in [9.17, 15) is 9.59 Å². The van der Waals surface area contributed by atoms with E-state index in [1.54, 1.807) is 0 Å². The molecule has 1 aliphatic rings. The number of urea groups is 1. The van der Waals surface area contributed by atoms with Crippen molar-refractivity contribution in [3.05, 3.63) is 0 Å². The molecule has 0 spiro atoms. The summed E-state index contributed by atoms with van der Waals surface area (Å²) in [7, 11) is 0. The molecule has 6 heteroatoms. The van der Waals surface area contributed by atoms with Crippen molar-refractivity contribution in [2.24, 2.45) is 5.73 Å². The predicted molar refractivity (Wildman–Crippen MR) is 56.2 cm³/mol. The van der Waals surface area contributed by atoms with Crippen molar-refractivity contribution in [3.8, 4) is 0 Å². The maximum atomic E-state index is 11.1. The second-order valence-corrected chi connectivity index (χ2v) is 3.82. The lowest BCUT2D eigenvalue weighted by Gasteiger charge is -2.31. The van der Waals surface area contributed by atoms with Gasteiger partial charge in [-0.3, -0.25) is 10.1 Å². The van der Waals surface area contributed by atoms with Gasteiger partial charge in [-0.05, 0) is 6.92 Å². The van der Waals surface area contributed by atoms with Gasteiger partial charge in [0.2, 0.25) is 5.91 Å². The minimum absolute atomic E-state index is 0.311. The van der Waals surface area contributed by atoms with E-state index in [2.05, 4.69) is 22.5 Å². The van der Waals surface area contributed by atoms with Gasteiger partial charge in [-0.15, -0.1) is 0 Å². The highest BCUT2D eigenvalue weighted by atomic mass is 16.2. The van der Waals surface area contributed by atoms with Crippen LogP contribution in [-0.2, 0) is 4.79 Å². The highest BCUT2D eigenvalue weighted by Crippen LogP contribution is 1.99. The van der Waals surface area contributed by atoms with Crippen LogP contribution in [0.1, 0.15) is 13.3 Å². The smallest absolute Gasteiger partial charge is 0.318 e. The van der Waals surface area contributed by atoms with Gasteiger partial charge in [-0.2, -0.15) is 0 Å². The van der Waals surface area contributed by atoms with E-state index in [0.29, 0.717) is 19.0 Å². The molecule has 1 fully saturated rings. The number of carbonyl (C=O) groups is 2. The Kier molecular flexibility index (Phi) is 4.51. The van der Waals surface area contributed by atoms with E-state index < -0.39 is 6.03 Å². The van der Waals surface area contributed by atoms with Crippen molar-refractivity contribution < 1.29 is 9.59 Å². The predicted octanol–water partition coefficient (Wildman–Crippen LogP) is -1.13. The van der Waals surface area contributed by atoms with Crippen LogP contribution in [0.4, 0.5) is 4.79 Å². The molecule has 0 aromatic rings. The summed E-state index contributed by atoms with van der Waals surface area (Å²) in [6, 6.07) is -0.327. The van der Waals surface area contributed by atoms with E-state index >= 15 is 0 Å². The Balaban J connectivity index is 2.18. The topological polar surface area (TPSA) is 87.5 Å². The first kappa shape index (κ1) is 11.9. The molecule has 0 saturated carbocycles. The number of imide groups is 1. The number of nitrogens with zero attached hydrogens (tertiary/aromatic N) is 1. The Morgan fingerprint density at radius 1 is 1.60 bits per heavy atom. The molecule has 1 rings (SSSR count). The lowest BCUT2D eigenvalue weighted by atomic mass is 10.2. The van der Waals surface area contributed by atoms with Gasteiger partial charge in [-0.1, -0.05) is 0 Å². The van der Waals surface area contributed by atoms with Gasteiger partial charge in [0.05, 0.1) is 0 Å². The maximum absolute atomic E-state index is 11.1. The van der Waals surface area contributed by atoms with Gasteiger partial charge < -0.3 is 16.0 Å². The lowest BCUT2D eigenvalue weighted by molar-refractivity contribution is -0.120. The van der Waals surface area contributed by atoms with E-state index in [0.717, 1.165) is 19.6 Å². The molecule has 86 valence electrons. The maximum Gasteiger partial charge on any atom is 0.318 e. The van der Waals surface area contributed by atoms with Gasteiger partial charge in [0.15, 0.2) is 0 Å². The molecular weight excluding hydrogens is 196 g/mol. The molecule has 0 aliphatic carbocycles. The molecule has 6 nitrogen and oxygen atoms in total. The van der Waals surface area contributed by atoms with E-state index in [1.807, 2.05) is 0 Å². The Hall–Kier alpha value is -1.14. The summed E-state index contributed by atoms with van der Waals surface area (Å²) in [5.74, 6) is -0.311. The van der Waals surface area contributed by atoms with Crippen LogP contribution in [0.15, 0.2) is 0 Å². The zero-order valence-corrected chi connectivity index (χ0v) is 8.95. The molecule has 1 saturated heterocycles. The van der Waals surface area contributed by atoms with E-state index in [1.165, 1.54) is 0 Å². The Labute approximate surface area is 89.2 Å². The van der Waals surface area contributed by atoms with Crippen molar-refractivity contribution in [1.29, 1.82) is 0 Å². The average molecular weight is 214 g/mol. The third-order valence-corrected chi connectivity index (χ3v) is 2.37. The Morgan fingerprint density at radius 3 is 2.93 bits per heavy atom.